The van der Waals surface area contributed by atoms with E-state index < -0.39 is 0 Å². The third-order valence-electron chi connectivity index (χ3n) is 3.89. The quantitative estimate of drug-likeness (QED) is 0.509. The van der Waals surface area contributed by atoms with Crippen molar-refractivity contribution in [1.82, 2.24) is 10.7 Å². The van der Waals surface area contributed by atoms with Crippen LogP contribution in [0.5, 0.6) is 11.5 Å². The maximum absolute atomic E-state index is 5.55. The SMILES string of the molecule is S=C(NN=Cc1ccc2c(c1)OCCO2)NC1CCCCC1. The highest BCUT2D eigenvalue weighted by Crippen LogP contribution is 2.30. The first kappa shape index (κ1) is 15.1. The lowest BCUT2D eigenvalue weighted by molar-refractivity contribution is 0.171. The fourth-order valence-corrected chi connectivity index (χ4v) is 2.99. The molecule has 6 heteroatoms. The van der Waals surface area contributed by atoms with E-state index in [9.17, 15) is 0 Å². The Morgan fingerprint density at radius 1 is 1.14 bits per heavy atom. The number of fused-ring (bicyclic) bond motifs is 1. The Hall–Kier alpha value is -1.82. The van der Waals surface area contributed by atoms with Crippen molar-refractivity contribution in [1.29, 1.82) is 0 Å². The van der Waals surface area contributed by atoms with Gasteiger partial charge in [0, 0.05) is 6.04 Å². The van der Waals surface area contributed by atoms with E-state index in [2.05, 4.69) is 15.8 Å². The Bertz CT molecular complexity index is 556. The molecule has 22 heavy (non-hydrogen) atoms. The highest BCUT2D eigenvalue weighted by molar-refractivity contribution is 7.80. The smallest absolute Gasteiger partial charge is 0.187 e. The number of hydrogen-bond acceptors (Lipinski definition) is 4. The van der Waals surface area contributed by atoms with Gasteiger partial charge in [-0.05, 0) is 48.8 Å². The summed E-state index contributed by atoms with van der Waals surface area (Å²) in [6.07, 6.45) is 8.00. The lowest BCUT2D eigenvalue weighted by Gasteiger charge is -2.23. The molecule has 1 heterocycles. The number of rotatable bonds is 3. The van der Waals surface area contributed by atoms with Gasteiger partial charge in [0.15, 0.2) is 16.6 Å². The molecule has 0 spiro atoms. The van der Waals surface area contributed by atoms with E-state index in [1.54, 1.807) is 6.21 Å². The van der Waals surface area contributed by atoms with Crippen LogP contribution in [0.3, 0.4) is 0 Å². The summed E-state index contributed by atoms with van der Waals surface area (Å²) in [6, 6.07) is 6.24. The molecule has 0 radical (unpaired) electrons. The molecule has 5 nitrogen and oxygen atoms in total. The van der Waals surface area contributed by atoms with Crippen LogP contribution in [0.4, 0.5) is 0 Å². The summed E-state index contributed by atoms with van der Waals surface area (Å²) in [4.78, 5) is 0. The Labute approximate surface area is 136 Å². The number of ether oxygens (including phenoxy) is 2. The van der Waals surface area contributed by atoms with Crippen LogP contribution in [0.15, 0.2) is 23.3 Å². The number of nitrogens with zero attached hydrogens (tertiary/aromatic N) is 1. The van der Waals surface area contributed by atoms with Crippen LogP contribution < -0.4 is 20.2 Å². The van der Waals surface area contributed by atoms with Crippen molar-refractivity contribution in [3.8, 4) is 11.5 Å². The van der Waals surface area contributed by atoms with Crippen molar-refractivity contribution in [2.24, 2.45) is 5.10 Å². The molecule has 0 amide bonds. The van der Waals surface area contributed by atoms with Gasteiger partial charge in [0.2, 0.25) is 0 Å². The first-order chi connectivity index (χ1) is 10.8. The van der Waals surface area contributed by atoms with Crippen LogP contribution in [0.1, 0.15) is 37.7 Å². The lowest BCUT2D eigenvalue weighted by Crippen LogP contribution is -2.40. The molecule has 1 aliphatic carbocycles. The number of hydrazone groups is 1. The van der Waals surface area contributed by atoms with Gasteiger partial charge >= 0.3 is 0 Å². The van der Waals surface area contributed by atoms with Crippen molar-refractivity contribution in [2.75, 3.05) is 13.2 Å². The molecule has 1 saturated carbocycles. The third-order valence-corrected chi connectivity index (χ3v) is 4.10. The summed E-state index contributed by atoms with van der Waals surface area (Å²) in [5, 5.41) is 8.08. The highest BCUT2D eigenvalue weighted by atomic mass is 32.1. The number of nitrogens with one attached hydrogen (secondary N) is 2. The first-order valence-electron chi connectivity index (χ1n) is 7.80. The van der Waals surface area contributed by atoms with Gasteiger partial charge in [-0.2, -0.15) is 5.10 Å². The van der Waals surface area contributed by atoms with Gasteiger partial charge in [0.1, 0.15) is 13.2 Å². The van der Waals surface area contributed by atoms with E-state index in [-0.39, 0.29) is 0 Å². The van der Waals surface area contributed by atoms with E-state index in [1.807, 2.05) is 18.2 Å². The minimum Gasteiger partial charge on any atom is -0.486 e. The van der Waals surface area contributed by atoms with Crippen LogP contribution in [0.25, 0.3) is 0 Å². The predicted octanol–water partition coefficient (Wildman–Crippen LogP) is 2.59. The molecule has 0 saturated heterocycles. The average molecular weight is 319 g/mol. The molecule has 0 bridgehead atoms. The predicted molar refractivity (Wildman–Crippen MR) is 90.8 cm³/mol. The summed E-state index contributed by atoms with van der Waals surface area (Å²) in [7, 11) is 0. The molecule has 1 aliphatic heterocycles. The maximum Gasteiger partial charge on any atom is 0.187 e. The van der Waals surface area contributed by atoms with Gasteiger partial charge in [0.05, 0.1) is 6.21 Å². The van der Waals surface area contributed by atoms with Gasteiger partial charge in [0.25, 0.3) is 0 Å². The second kappa shape index (κ2) is 7.45. The second-order valence-corrected chi connectivity index (χ2v) is 5.99. The molecular weight excluding hydrogens is 298 g/mol. The molecule has 2 aliphatic rings. The lowest BCUT2D eigenvalue weighted by atomic mass is 9.96. The van der Waals surface area contributed by atoms with E-state index in [4.69, 9.17) is 21.7 Å². The van der Waals surface area contributed by atoms with Crippen molar-refractivity contribution >= 4 is 23.5 Å². The Kier molecular flexibility index (Phi) is 5.11. The largest absolute Gasteiger partial charge is 0.486 e. The molecule has 1 aromatic rings. The number of benzene rings is 1. The third kappa shape index (κ3) is 4.10. The van der Waals surface area contributed by atoms with Gasteiger partial charge in [-0.15, -0.1) is 0 Å². The summed E-state index contributed by atoms with van der Waals surface area (Å²) in [5.41, 5.74) is 3.82. The molecule has 0 unspecified atom stereocenters. The zero-order chi connectivity index (χ0) is 15.2. The monoisotopic (exact) mass is 319 g/mol. The van der Waals surface area contributed by atoms with E-state index in [1.165, 1.54) is 32.1 Å². The van der Waals surface area contributed by atoms with E-state index in [0.717, 1.165) is 17.1 Å². The van der Waals surface area contributed by atoms with Gasteiger partial charge in [-0.3, -0.25) is 5.43 Å². The van der Waals surface area contributed by atoms with Crippen molar-refractivity contribution < 1.29 is 9.47 Å². The number of hydrogen-bond donors (Lipinski definition) is 2. The zero-order valence-electron chi connectivity index (χ0n) is 12.5. The van der Waals surface area contributed by atoms with E-state index in [0.29, 0.717) is 24.4 Å². The topological polar surface area (TPSA) is 54.9 Å². The first-order valence-corrected chi connectivity index (χ1v) is 8.21. The fraction of sp³-hybridized carbons (Fsp3) is 0.500. The molecule has 1 aromatic carbocycles. The van der Waals surface area contributed by atoms with Gasteiger partial charge < -0.3 is 14.8 Å². The molecule has 1 fully saturated rings. The van der Waals surface area contributed by atoms with Crippen molar-refractivity contribution in [2.45, 2.75) is 38.1 Å². The summed E-state index contributed by atoms with van der Waals surface area (Å²) >= 11 is 5.27. The summed E-state index contributed by atoms with van der Waals surface area (Å²) < 4.78 is 11.0. The Morgan fingerprint density at radius 3 is 2.73 bits per heavy atom. The van der Waals surface area contributed by atoms with Crippen LogP contribution in [0, 0.1) is 0 Å². The van der Waals surface area contributed by atoms with Crippen molar-refractivity contribution in [3.05, 3.63) is 23.8 Å². The molecule has 3 rings (SSSR count). The summed E-state index contributed by atoms with van der Waals surface area (Å²) in [5.74, 6) is 1.55. The minimum atomic E-state index is 0.484. The Morgan fingerprint density at radius 2 is 1.91 bits per heavy atom. The van der Waals surface area contributed by atoms with Crippen LogP contribution in [0.2, 0.25) is 0 Å². The Balaban J connectivity index is 1.50. The normalized spacial score (nSPS) is 18.2. The van der Waals surface area contributed by atoms with E-state index >= 15 is 0 Å². The van der Waals surface area contributed by atoms with Crippen LogP contribution in [-0.2, 0) is 0 Å². The van der Waals surface area contributed by atoms with Crippen LogP contribution >= 0.6 is 12.2 Å². The number of thiocarbonyl (C=S) groups is 1. The second-order valence-electron chi connectivity index (χ2n) is 5.58. The standard InChI is InChI=1S/C16H21N3O2S/c22-16(18-13-4-2-1-3-5-13)19-17-11-12-6-7-14-15(10-12)21-9-8-20-14/h6-7,10-11,13H,1-5,8-9H2,(H2,18,19,22). The fourth-order valence-electron chi connectivity index (χ4n) is 2.77. The zero-order valence-corrected chi connectivity index (χ0v) is 13.3. The molecule has 2 N–H and O–H groups in total. The maximum atomic E-state index is 5.55. The minimum absolute atomic E-state index is 0.484. The molecule has 0 atom stereocenters. The van der Waals surface area contributed by atoms with Crippen molar-refractivity contribution in [3.63, 3.8) is 0 Å². The molecular formula is C16H21N3O2S. The molecule has 118 valence electrons. The summed E-state index contributed by atoms with van der Waals surface area (Å²) in [6.45, 7) is 1.18. The van der Waals surface area contributed by atoms with Crippen LogP contribution in [-0.4, -0.2) is 30.6 Å². The van der Waals surface area contributed by atoms with Gasteiger partial charge in [-0.25, -0.2) is 0 Å². The molecule has 0 aromatic heterocycles. The highest BCUT2D eigenvalue weighted by Gasteiger charge is 2.13. The van der Waals surface area contributed by atoms with Gasteiger partial charge in [-0.1, -0.05) is 19.3 Å². The average Bonchev–Trinajstić information content (AvgIpc) is 2.55.